The summed E-state index contributed by atoms with van der Waals surface area (Å²) in [6, 6.07) is 3.86. The normalized spacial score (nSPS) is 16.2. The highest BCUT2D eigenvalue weighted by Crippen LogP contribution is 2.29. The SMILES string of the molecule is CC(C)(C)OC(=O)N1CCC(c2cnc(N)c(C#N)c2)CC1. The highest BCUT2D eigenvalue weighted by atomic mass is 16.6. The quantitative estimate of drug-likeness (QED) is 0.861. The molecule has 0 spiro atoms. The summed E-state index contributed by atoms with van der Waals surface area (Å²) in [6.45, 7) is 6.88. The van der Waals surface area contributed by atoms with Gasteiger partial charge in [0.1, 0.15) is 17.5 Å². The van der Waals surface area contributed by atoms with Crippen molar-refractivity contribution in [3.63, 3.8) is 0 Å². The number of nitrogens with two attached hydrogens (primary N) is 1. The van der Waals surface area contributed by atoms with E-state index in [4.69, 9.17) is 15.7 Å². The predicted molar refractivity (Wildman–Crippen MR) is 83.1 cm³/mol. The van der Waals surface area contributed by atoms with Crippen LogP contribution in [0.1, 0.15) is 50.7 Å². The summed E-state index contributed by atoms with van der Waals surface area (Å²) in [4.78, 5) is 17.8. The first kappa shape index (κ1) is 16.1. The number of ether oxygens (including phenoxy) is 1. The summed E-state index contributed by atoms with van der Waals surface area (Å²) in [5, 5.41) is 9.02. The van der Waals surface area contributed by atoms with E-state index in [-0.39, 0.29) is 11.9 Å². The Hall–Kier alpha value is -2.29. The Morgan fingerprint density at radius 1 is 1.45 bits per heavy atom. The third-order valence-electron chi connectivity index (χ3n) is 3.68. The van der Waals surface area contributed by atoms with Gasteiger partial charge in [0.15, 0.2) is 0 Å². The first-order chi connectivity index (χ1) is 10.3. The van der Waals surface area contributed by atoms with Crippen molar-refractivity contribution in [3.8, 4) is 6.07 Å². The fourth-order valence-corrected chi connectivity index (χ4v) is 2.53. The lowest BCUT2D eigenvalue weighted by Crippen LogP contribution is -2.41. The molecule has 22 heavy (non-hydrogen) atoms. The van der Waals surface area contributed by atoms with Crippen LogP contribution in [0.15, 0.2) is 12.3 Å². The molecule has 1 aromatic rings. The Morgan fingerprint density at radius 2 is 2.09 bits per heavy atom. The Morgan fingerprint density at radius 3 is 2.64 bits per heavy atom. The zero-order chi connectivity index (χ0) is 16.3. The van der Waals surface area contributed by atoms with Gasteiger partial charge in [-0.25, -0.2) is 9.78 Å². The molecule has 0 unspecified atom stereocenters. The molecule has 2 N–H and O–H groups in total. The number of amides is 1. The fourth-order valence-electron chi connectivity index (χ4n) is 2.53. The van der Waals surface area contributed by atoms with Gasteiger partial charge in [0, 0.05) is 19.3 Å². The van der Waals surface area contributed by atoms with Gasteiger partial charge in [-0.15, -0.1) is 0 Å². The number of rotatable bonds is 1. The van der Waals surface area contributed by atoms with E-state index in [0.29, 0.717) is 24.6 Å². The van der Waals surface area contributed by atoms with Crippen LogP contribution in [0.3, 0.4) is 0 Å². The van der Waals surface area contributed by atoms with Crippen molar-refractivity contribution in [1.82, 2.24) is 9.88 Å². The van der Waals surface area contributed by atoms with Crippen molar-refractivity contribution in [3.05, 3.63) is 23.4 Å². The number of nitrogens with zero attached hydrogens (tertiary/aromatic N) is 3. The molecule has 6 heteroatoms. The van der Waals surface area contributed by atoms with Crippen LogP contribution in [0.25, 0.3) is 0 Å². The minimum atomic E-state index is -0.476. The molecule has 0 bridgehead atoms. The van der Waals surface area contributed by atoms with Gasteiger partial charge < -0.3 is 15.4 Å². The maximum absolute atomic E-state index is 12.0. The third-order valence-corrected chi connectivity index (χ3v) is 3.68. The van der Waals surface area contributed by atoms with Crippen LogP contribution in [0.4, 0.5) is 10.6 Å². The number of nitrogen functional groups attached to an aromatic ring is 1. The van der Waals surface area contributed by atoms with Crippen molar-refractivity contribution in [2.24, 2.45) is 0 Å². The monoisotopic (exact) mass is 302 g/mol. The van der Waals surface area contributed by atoms with Crippen molar-refractivity contribution in [2.45, 2.75) is 45.1 Å². The van der Waals surface area contributed by atoms with Gasteiger partial charge >= 0.3 is 6.09 Å². The molecule has 2 rings (SSSR count). The van der Waals surface area contributed by atoms with Crippen molar-refractivity contribution in [1.29, 1.82) is 5.26 Å². The van der Waals surface area contributed by atoms with E-state index < -0.39 is 5.60 Å². The number of aromatic nitrogens is 1. The Balaban J connectivity index is 1.98. The Labute approximate surface area is 130 Å². The van der Waals surface area contributed by atoms with Gasteiger partial charge in [0.05, 0.1) is 5.56 Å². The van der Waals surface area contributed by atoms with Crippen LogP contribution in [0, 0.1) is 11.3 Å². The van der Waals surface area contributed by atoms with E-state index in [1.807, 2.05) is 20.8 Å². The number of anilines is 1. The molecule has 1 saturated heterocycles. The smallest absolute Gasteiger partial charge is 0.410 e. The maximum atomic E-state index is 12.0. The van der Waals surface area contributed by atoms with Crippen molar-refractivity contribution < 1.29 is 9.53 Å². The highest BCUT2D eigenvalue weighted by molar-refractivity contribution is 5.68. The van der Waals surface area contributed by atoms with Gasteiger partial charge in [-0.1, -0.05) is 0 Å². The number of pyridine rings is 1. The highest BCUT2D eigenvalue weighted by Gasteiger charge is 2.27. The van der Waals surface area contributed by atoms with Crippen LogP contribution >= 0.6 is 0 Å². The van der Waals surface area contributed by atoms with Gasteiger partial charge in [-0.05, 0) is 51.2 Å². The van der Waals surface area contributed by atoms with Crippen LogP contribution in [-0.2, 0) is 4.74 Å². The van der Waals surface area contributed by atoms with Gasteiger partial charge in [-0.3, -0.25) is 0 Å². The molecule has 2 heterocycles. The van der Waals surface area contributed by atoms with E-state index in [1.54, 1.807) is 17.2 Å². The molecule has 0 atom stereocenters. The zero-order valence-corrected chi connectivity index (χ0v) is 13.3. The molecule has 0 radical (unpaired) electrons. The summed E-state index contributed by atoms with van der Waals surface area (Å²) < 4.78 is 5.39. The first-order valence-electron chi connectivity index (χ1n) is 7.43. The van der Waals surface area contributed by atoms with Crippen LogP contribution < -0.4 is 5.73 Å². The predicted octanol–water partition coefficient (Wildman–Crippen LogP) is 2.65. The van der Waals surface area contributed by atoms with E-state index in [9.17, 15) is 4.79 Å². The number of hydrogen-bond donors (Lipinski definition) is 1. The topological polar surface area (TPSA) is 92.2 Å². The van der Waals surface area contributed by atoms with Gasteiger partial charge in [0.2, 0.25) is 0 Å². The second kappa shape index (κ2) is 6.22. The Bertz CT molecular complexity index is 593. The maximum Gasteiger partial charge on any atom is 0.410 e. The number of carbonyl (C=O) groups is 1. The lowest BCUT2D eigenvalue weighted by molar-refractivity contribution is 0.0205. The van der Waals surface area contributed by atoms with Gasteiger partial charge in [-0.2, -0.15) is 5.26 Å². The number of hydrogen-bond acceptors (Lipinski definition) is 5. The third kappa shape index (κ3) is 3.88. The molecule has 0 aromatic carbocycles. The van der Waals surface area contributed by atoms with Crippen molar-refractivity contribution >= 4 is 11.9 Å². The summed E-state index contributed by atoms with van der Waals surface area (Å²) in [7, 11) is 0. The van der Waals surface area contributed by atoms with Gasteiger partial charge in [0.25, 0.3) is 0 Å². The minimum Gasteiger partial charge on any atom is -0.444 e. The molecule has 6 nitrogen and oxygen atoms in total. The lowest BCUT2D eigenvalue weighted by Gasteiger charge is -2.33. The number of likely N-dealkylation sites (tertiary alicyclic amines) is 1. The molecule has 0 aliphatic carbocycles. The molecular weight excluding hydrogens is 280 g/mol. The van der Waals surface area contributed by atoms with Crippen LogP contribution in [0.5, 0.6) is 0 Å². The Kier molecular flexibility index (Phi) is 4.55. The molecule has 118 valence electrons. The standard InChI is InChI=1S/C16H22N4O2/c1-16(2,3)22-15(21)20-6-4-11(5-7-20)13-8-12(9-17)14(18)19-10-13/h8,10-11H,4-7H2,1-3H3,(H2,18,19). The van der Waals surface area contributed by atoms with E-state index in [2.05, 4.69) is 11.1 Å². The van der Waals surface area contributed by atoms with Crippen LogP contribution in [-0.4, -0.2) is 34.7 Å². The summed E-state index contributed by atoms with van der Waals surface area (Å²) in [5.41, 5.74) is 6.59. The molecule has 1 aliphatic heterocycles. The first-order valence-corrected chi connectivity index (χ1v) is 7.43. The molecule has 1 aliphatic rings. The second-order valence-electron chi connectivity index (χ2n) is 6.55. The molecule has 1 aromatic heterocycles. The van der Waals surface area contributed by atoms with Crippen molar-refractivity contribution in [2.75, 3.05) is 18.8 Å². The summed E-state index contributed by atoms with van der Waals surface area (Å²) in [6.07, 6.45) is 3.12. The second-order valence-corrected chi connectivity index (χ2v) is 6.55. The number of piperidine rings is 1. The molecular formula is C16H22N4O2. The molecule has 1 fully saturated rings. The largest absolute Gasteiger partial charge is 0.444 e. The average molecular weight is 302 g/mol. The van der Waals surface area contributed by atoms with E-state index in [1.165, 1.54) is 0 Å². The van der Waals surface area contributed by atoms with E-state index >= 15 is 0 Å². The number of nitriles is 1. The zero-order valence-electron chi connectivity index (χ0n) is 13.3. The lowest BCUT2D eigenvalue weighted by atomic mass is 9.90. The molecule has 1 amide bonds. The summed E-state index contributed by atoms with van der Waals surface area (Å²) >= 11 is 0. The van der Waals surface area contributed by atoms with E-state index in [0.717, 1.165) is 18.4 Å². The fraction of sp³-hybridized carbons (Fsp3) is 0.562. The molecule has 0 saturated carbocycles. The number of carbonyl (C=O) groups excluding carboxylic acids is 1. The minimum absolute atomic E-state index is 0.262. The summed E-state index contributed by atoms with van der Waals surface area (Å²) in [5.74, 6) is 0.552. The van der Waals surface area contributed by atoms with Crippen LogP contribution in [0.2, 0.25) is 0 Å². The average Bonchev–Trinajstić information content (AvgIpc) is 2.46.